The number of benzene rings is 1. The highest BCUT2D eigenvalue weighted by molar-refractivity contribution is 5.99. The first-order valence-corrected chi connectivity index (χ1v) is 11.4. The van der Waals surface area contributed by atoms with Crippen LogP contribution in [-0.2, 0) is 18.4 Å². The van der Waals surface area contributed by atoms with E-state index in [9.17, 15) is 9.59 Å². The van der Waals surface area contributed by atoms with E-state index < -0.39 is 6.04 Å². The van der Waals surface area contributed by atoms with Crippen molar-refractivity contribution in [1.29, 1.82) is 0 Å². The Balaban J connectivity index is 1.46. The third-order valence-corrected chi connectivity index (χ3v) is 6.03. The first-order valence-electron chi connectivity index (χ1n) is 11.4. The lowest BCUT2D eigenvalue weighted by molar-refractivity contribution is -0.131. The van der Waals surface area contributed by atoms with Crippen molar-refractivity contribution >= 4 is 17.5 Å². The molecule has 3 heterocycles. The Morgan fingerprint density at radius 3 is 2.83 bits per heavy atom. The van der Waals surface area contributed by atoms with Crippen molar-refractivity contribution in [1.82, 2.24) is 34.9 Å². The smallest absolute Gasteiger partial charge is 0.252 e. The Morgan fingerprint density at radius 1 is 1.25 bits per heavy atom. The molecule has 0 spiro atoms. The Bertz CT molecular complexity index is 1340. The van der Waals surface area contributed by atoms with Gasteiger partial charge in [-0.25, -0.2) is 9.97 Å². The molecule has 1 atom stereocenters. The third kappa shape index (κ3) is 5.22. The minimum Gasteiger partial charge on any atom is -0.378 e. The second-order valence-electron chi connectivity index (χ2n) is 8.43. The molecule has 36 heavy (non-hydrogen) atoms. The molecule has 3 aromatic rings. The Morgan fingerprint density at radius 2 is 2.08 bits per heavy atom. The van der Waals surface area contributed by atoms with E-state index in [4.69, 9.17) is 0 Å². The molecule has 0 radical (unpaired) electrons. The van der Waals surface area contributed by atoms with Crippen LogP contribution in [0.4, 0.5) is 5.69 Å². The quantitative estimate of drug-likeness (QED) is 0.472. The molecule has 1 aliphatic heterocycles. The van der Waals surface area contributed by atoms with E-state index in [1.54, 1.807) is 48.5 Å². The van der Waals surface area contributed by atoms with Crippen LogP contribution in [0.25, 0.3) is 11.5 Å². The molecule has 10 heteroatoms. The van der Waals surface area contributed by atoms with Crippen LogP contribution in [-0.4, -0.2) is 61.1 Å². The molecular weight excluding hydrogens is 456 g/mol. The van der Waals surface area contributed by atoms with E-state index >= 15 is 0 Å². The summed E-state index contributed by atoms with van der Waals surface area (Å²) in [4.78, 5) is 35.6. The SMILES string of the molecule is C=C/C=C\C1=C(C)C(NC(=O)c2cccc(NCc3nnc(-c4ccncn4)n3C)c2)C(=O)N(C)C1. The lowest BCUT2D eigenvalue weighted by atomic mass is 9.95. The van der Waals surface area contributed by atoms with Gasteiger partial charge in [-0.2, -0.15) is 0 Å². The second kappa shape index (κ2) is 10.8. The zero-order chi connectivity index (χ0) is 25.7. The fraction of sp³-hybridized carbons (Fsp3) is 0.231. The Kier molecular flexibility index (Phi) is 7.33. The van der Waals surface area contributed by atoms with Gasteiger partial charge in [-0.3, -0.25) is 9.59 Å². The minimum atomic E-state index is -0.726. The number of nitrogens with one attached hydrogen (secondary N) is 2. The largest absolute Gasteiger partial charge is 0.378 e. The number of rotatable bonds is 8. The van der Waals surface area contributed by atoms with Gasteiger partial charge < -0.3 is 20.1 Å². The standard InChI is InChI=1S/C26H28N8O2/c1-5-6-8-19-15-33(3)26(36)23(17(19)2)30-25(35)18-9-7-10-20(13-18)28-14-22-31-32-24(34(22)4)21-11-12-27-16-29-21/h5-13,16,23,28H,1,14-15H2,2-4H3,(H,30,35)/b8-6-. The van der Waals surface area contributed by atoms with Gasteiger partial charge >= 0.3 is 0 Å². The number of anilines is 1. The molecule has 0 saturated heterocycles. The maximum Gasteiger partial charge on any atom is 0.252 e. The van der Waals surface area contributed by atoms with Gasteiger partial charge in [0, 0.05) is 38.1 Å². The predicted molar refractivity (Wildman–Crippen MR) is 137 cm³/mol. The monoisotopic (exact) mass is 484 g/mol. The minimum absolute atomic E-state index is 0.146. The average molecular weight is 485 g/mol. The highest BCUT2D eigenvalue weighted by atomic mass is 16.2. The zero-order valence-electron chi connectivity index (χ0n) is 20.5. The number of hydrogen-bond donors (Lipinski definition) is 2. The van der Waals surface area contributed by atoms with Crippen LogP contribution < -0.4 is 10.6 Å². The van der Waals surface area contributed by atoms with Crippen molar-refractivity contribution in [3.63, 3.8) is 0 Å². The maximum absolute atomic E-state index is 13.1. The van der Waals surface area contributed by atoms with Gasteiger partial charge in [0.15, 0.2) is 11.6 Å². The molecule has 2 aromatic heterocycles. The van der Waals surface area contributed by atoms with Gasteiger partial charge in [-0.1, -0.05) is 30.9 Å². The van der Waals surface area contributed by atoms with E-state index in [1.807, 2.05) is 36.8 Å². The number of carbonyl (C=O) groups is 2. The van der Waals surface area contributed by atoms with Gasteiger partial charge in [0.25, 0.3) is 5.91 Å². The van der Waals surface area contributed by atoms with Gasteiger partial charge in [0.1, 0.15) is 18.1 Å². The molecule has 2 amide bonds. The van der Waals surface area contributed by atoms with Crippen LogP contribution in [0, 0.1) is 0 Å². The molecule has 1 unspecified atom stereocenters. The zero-order valence-corrected chi connectivity index (χ0v) is 20.5. The summed E-state index contributed by atoms with van der Waals surface area (Å²) in [6.07, 6.45) is 8.54. The summed E-state index contributed by atoms with van der Waals surface area (Å²) >= 11 is 0. The molecule has 0 bridgehead atoms. The summed E-state index contributed by atoms with van der Waals surface area (Å²) < 4.78 is 1.85. The highest BCUT2D eigenvalue weighted by Gasteiger charge is 2.31. The van der Waals surface area contributed by atoms with E-state index in [0.29, 0.717) is 36.0 Å². The van der Waals surface area contributed by atoms with Crippen LogP contribution in [0.2, 0.25) is 0 Å². The second-order valence-corrected chi connectivity index (χ2v) is 8.43. The fourth-order valence-corrected chi connectivity index (χ4v) is 3.91. The molecular formula is C26H28N8O2. The number of allylic oxidation sites excluding steroid dienone is 2. The molecule has 184 valence electrons. The molecule has 4 rings (SSSR count). The van der Waals surface area contributed by atoms with E-state index in [1.165, 1.54) is 6.33 Å². The number of nitrogens with zero attached hydrogens (tertiary/aromatic N) is 6. The summed E-state index contributed by atoms with van der Waals surface area (Å²) in [5.41, 5.74) is 3.66. The third-order valence-electron chi connectivity index (χ3n) is 6.03. The van der Waals surface area contributed by atoms with Crippen LogP contribution in [0.1, 0.15) is 23.1 Å². The van der Waals surface area contributed by atoms with Crippen molar-refractivity contribution in [3.8, 4) is 11.5 Å². The van der Waals surface area contributed by atoms with Crippen LogP contribution in [0.5, 0.6) is 0 Å². The van der Waals surface area contributed by atoms with Crippen LogP contribution in [0.15, 0.2) is 78.8 Å². The normalized spacial score (nSPS) is 15.9. The van der Waals surface area contributed by atoms with Crippen molar-refractivity contribution in [2.75, 3.05) is 18.9 Å². The van der Waals surface area contributed by atoms with Gasteiger partial charge in [-0.15, -0.1) is 10.2 Å². The van der Waals surface area contributed by atoms with Crippen molar-refractivity contribution in [2.45, 2.75) is 19.5 Å². The van der Waals surface area contributed by atoms with Crippen molar-refractivity contribution in [2.24, 2.45) is 7.05 Å². The number of hydrogen-bond acceptors (Lipinski definition) is 7. The lowest BCUT2D eigenvalue weighted by Crippen LogP contribution is -2.51. The summed E-state index contributed by atoms with van der Waals surface area (Å²) in [5.74, 6) is 0.862. The molecule has 10 nitrogen and oxygen atoms in total. The fourth-order valence-electron chi connectivity index (χ4n) is 3.91. The number of amides is 2. The summed E-state index contributed by atoms with van der Waals surface area (Å²) in [6, 6.07) is 8.15. The van der Waals surface area contributed by atoms with Crippen LogP contribution >= 0.6 is 0 Å². The summed E-state index contributed by atoms with van der Waals surface area (Å²) in [5, 5.41) is 14.6. The highest BCUT2D eigenvalue weighted by Crippen LogP contribution is 2.21. The molecule has 0 fully saturated rings. The topological polar surface area (TPSA) is 118 Å². The summed E-state index contributed by atoms with van der Waals surface area (Å²) in [7, 11) is 3.59. The Hall–Kier alpha value is -4.60. The van der Waals surface area contributed by atoms with Gasteiger partial charge in [-0.05, 0) is 42.3 Å². The first-order chi connectivity index (χ1) is 17.4. The predicted octanol–water partition coefficient (Wildman–Crippen LogP) is 2.51. The summed E-state index contributed by atoms with van der Waals surface area (Å²) in [6.45, 7) is 6.45. The van der Waals surface area contributed by atoms with Crippen molar-refractivity contribution in [3.05, 3.63) is 90.2 Å². The lowest BCUT2D eigenvalue weighted by Gasteiger charge is -2.32. The molecule has 2 N–H and O–H groups in total. The van der Waals surface area contributed by atoms with Crippen LogP contribution in [0.3, 0.4) is 0 Å². The maximum atomic E-state index is 13.1. The molecule has 1 aliphatic rings. The van der Waals surface area contributed by atoms with Crippen molar-refractivity contribution < 1.29 is 9.59 Å². The van der Waals surface area contributed by atoms with Gasteiger partial charge in [0.2, 0.25) is 5.91 Å². The Labute approximate surface area is 209 Å². The van der Waals surface area contributed by atoms with E-state index in [2.05, 4.69) is 37.4 Å². The number of likely N-dealkylation sites (N-methyl/N-ethyl adjacent to an activating group) is 1. The number of aromatic nitrogens is 5. The molecule has 0 aliphatic carbocycles. The molecule has 1 aromatic carbocycles. The van der Waals surface area contributed by atoms with E-state index in [-0.39, 0.29) is 11.8 Å². The first kappa shape index (κ1) is 24.5. The molecule has 0 saturated carbocycles. The van der Waals surface area contributed by atoms with Gasteiger partial charge in [0.05, 0.1) is 6.54 Å². The average Bonchev–Trinajstić information content (AvgIpc) is 3.27. The van der Waals surface area contributed by atoms with E-state index in [0.717, 1.165) is 16.8 Å². The number of carbonyl (C=O) groups excluding carboxylic acids is 2.